The highest BCUT2D eigenvalue weighted by molar-refractivity contribution is 9.10. The van der Waals surface area contributed by atoms with Gasteiger partial charge in [0.2, 0.25) is 10.0 Å². The molecule has 0 radical (unpaired) electrons. The zero-order valence-corrected chi connectivity index (χ0v) is 12.1. The van der Waals surface area contributed by atoms with E-state index >= 15 is 0 Å². The summed E-state index contributed by atoms with van der Waals surface area (Å²) >= 11 is 3.18. The summed E-state index contributed by atoms with van der Waals surface area (Å²) < 4.78 is 32.2. The number of halogens is 1. The van der Waals surface area contributed by atoms with Crippen LogP contribution in [0.5, 0.6) is 0 Å². The fraction of sp³-hybridized carbons (Fsp3) is 0.500. The van der Waals surface area contributed by atoms with Gasteiger partial charge in [0.25, 0.3) is 0 Å². The van der Waals surface area contributed by atoms with Gasteiger partial charge in [0.05, 0.1) is 6.61 Å². The van der Waals surface area contributed by atoms with Crippen LogP contribution < -0.4 is 4.72 Å². The molecule has 0 bridgehead atoms. The van der Waals surface area contributed by atoms with E-state index in [-0.39, 0.29) is 10.9 Å². The monoisotopic (exact) mass is 322 g/mol. The van der Waals surface area contributed by atoms with Gasteiger partial charge in [0, 0.05) is 29.5 Å². The van der Waals surface area contributed by atoms with Crippen molar-refractivity contribution in [1.29, 1.82) is 0 Å². The molecule has 96 valence electrons. The number of sulfonamides is 1. The molecular formula is C10H15BrN2O3S. The Kier molecular flexibility index (Phi) is 5.51. The first-order chi connectivity index (χ1) is 7.95. The lowest BCUT2D eigenvalue weighted by molar-refractivity contribution is 0.133. The van der Waals surface area contributed by atoms with Gasteiger partial charge in [-0.1, -0.05) is 0 Å². The van der Waals surface area contributed by atoms with Gasteiger partial charge >= 0.3 is 0 Å². The molecule has 0 saturated heterocycles. The quantitative estimate of drug-likeness (QED) is 0.862. The maximum absolute atomic E-state index is 11.9. The van der Waals surface area contributed by atoms with Crippen molar-refractivity contribution in [1.82, 2.24) is 9.71 Å². The van der Waals surface area contributed by atoms with Gasteiger partial charge in [0.15, 0.2) is 0 Å². The van der Waals surface area contributed by atoms with E-state index in [1.165, 1.54) is 18.5 Å². The predicted molar refractivity (Wildman–Crippen MR) is 68.2 cm³/mol. The van der Waals surface area contributed by atoms with E-state index in [4.69, 9.17) is 4.74 Å². The maximum atomic E-state index is 11.9. The molecular weight excluding hydrogens is 308 g/mol. The molecule has 0 aliphatic carbocycles. The Balaban J connectivity index is 2.75. The first kappa shape index (κ1) is 14.6. The molecule has 5 nitrogen and oxygen atoms in total. The summed E-state index contributed by atoms with van der Waals surface area (Å²) in [6, 6.07) is 1.22. The molecule has 0 saturated carbocycles. The van der Waals surface area contributed by atoms with Gasteiger partial charge < -0.3 is 4.74 Å². The molecule has 1 rings (SSSR count). The third-order valence-electron chi connectivity index (χ3n) is 1.92. The first-order valence-corrected chi connectivity index (χ1v) is 7.44. The highest BCUT2D eigenvalue weighted by atomic mass is 79.9. The van der Waals surface area contributed by atoms with Crippen LogP contribution in [-0.4, -0.2) is 32.7 Å². The molecule has 1 heterocycles. The number of nitrogens with zero attached hydrogens (tertiary/aromatic N) is 1. The smallest absolute Gasteiger partial charge is 0.242 e. The minimum Gasteiger partial charge on any atom is -0.380 e. The van der Waals surface area contributed by atoms with E-state index in [1.54, 1.807) is 6.92 Å². The fourth-order valence-corrected chi connectivity index (χ4v) is 2.93. The van der Waals surface area contributed by atoms with E-state index in [0.717, 1.165) is 0 Å². The van der Waals surface area contributed by atoms with Gasteiger partial charge in [-0.3, -0.25) is 4.98 Å². The van der Waals surface area contributed by atoms with E-state index in [1.807, 2.05) is 6.92 Å². The van der Waals surface area contributed by atoms with Crippen molar-refractivity contribution in [3.63, 3.8) is 0 Å². The molecule has 1 atom stereocenters. The number of hydrogen-bond donors (Lipinski definition) is 1. The normalized spacial score (nSPS) is 13.6. The summed E-state index contributed by atoms with van der Waals surface area (Å²) in [7, 11) is -3.53. The van der Waals surface area contributed by atoms with Crippen LogP contribution in [0.25, 0.3) is 0 Å². The second-order valence-corrected chi connectivity index (χ2v) is 6.15. The Morgan fingerprint density at radius 3 is 2.82 bits per heavy atom. The Morgan fingerprint density at radius 2 is 2.24 bits per heavy atom. The van der Waals surface area contributed by atoms with Crippen molar-refractivity contribution in [2.75, 3.05) is 13.2 Å². The van der Waals surface area contributed by atoms with Crippen molar-refractivity contribution in [3.8, 4) is 0 Å². The zero-order valence-electron chi connectivity index (χ0n) is 9.68. The highest BCUT2D eigenvalue weighted by Gasteiger charge is 2.17. The lowest BCUT2D eigenvalue weighted by Gasteiger charge is -2.13. The van der Waals surface area contributed by atoms with Crippen LogP contribution in [0.3, 0.4) is 0 Å². The highest BCUT2D eigenvalue weighted by Crippen LogP contribution is 2.14. The zero-order chi connectivity index (χ0) is 12.9. The van der Waals surface area contributed by atoms with Crippen LogP contribution in [0.1, 0.15) is 13.8 Å². The molecule has 0 aliphatic rings. The van der Waals surface area contributed by atoms with Crippen molar-refractivity contribution in [2.24, 2.45) is 0 Å². The Labute approximate surface area is 110 Å². The molecule has 1 N–H and O–H groups in total. The van der Waals surface area contributed by atoms with Gasteiger partial charge in [-0.05, 0) is 35.8 Å². The second kappa shape index (κ2) is 6.44. The van der Waals surface area contributed by atoms with Crippen LogP contribution in [0.15, 0.2) is 27.8 Å². The molecule has 0 amide bonds. The number of aromatic nitrogens is 1. The summed E-state index contributed by atoms with van der Waals surface area (Å²) in [6.45, 7) is 4.51. The lowest BCUT2D eigenvalue weighted by atomic mass is 10.4. The topological polar surface area (TPSA) is 68.3 Å². The Hall–Kier alpha value is -0.500. The largest absolute Gasteiger partial charge is 0.380 e. The molecule has 0 spiro atoms. The molecule has 1 aromatic rings. The van der Waals surface area contributed by atoms with Crippen LogP contribution in [0.4, 0.5) is 0 Å². The number of nitrogens with one attached hydrogen (secondary N) is 1. The summed E-state index contributed by atoms with van der Waals surface area (Å²) in [6.07, 6.45) is 2.84. The second-order valence-electron chi connectivity index (χ2n) is 3.52. The Bertz CT molecular complexity index is 464. The fourth-order valence-electron chi connectivity index (χ4n) is 1.20. The van der Waals surface area contributed by atoms with Crippen molar-refractivity contribution >= 4 is 26.0 Å². The van der Waals surface area contributed by atoms with E-state index in [2.05, 4.69) is 25.6 Å². The van der Waals surface area contributed by atoms with Crippen molar-refractivity contribution in [3.05, 3.63) is 22.9 Å². The third kappa shape index (κ3) is 4.71. The van der Waals surface area contributed by atoms with Crippen molar-refractivity contribution in [2.45, 2.75) is 24.8 Å². The standard InChI is InChI=1S/C10H15BrN2O3S/c1-3-16-7-8(2)13-17(14,15)10-4-9(11)5-12-6-10/h4-6,8,13H,3,7H2,1-2H3. The molecule has 1 unspecified atom stereocenters. The van der Waals surface area contributed by atoms with Gasteiger partial charge in [-0.2, -0.15) is 0 Å². The molecule has 17 heavy (non-hydrogen) atoms. The first-order valence-electron chi connectivity index (χ1n) is 5.16. The summed E-state index contributed by atoms with van der Waals surface area (Å²) in [5.41, 5.74) is 0. The van der Waals surface area contributed by atoms with Crippen LogP contribution >= 0.6 is 15.9 Å². The number of pyridine rings is 1. The maximum Gasteiger partial charge on any atom is 0.242 e. The Morgan fingerprint density at radius 1 is 1.53 bits per heavy atom. The molecule has 7 heteroatoms. The van der Waals surface area contributed by atoms with E-state index in [0.29, 0.717) is 17.7 Å². The average Bonchev–Trinajstić information content (AvgIpc) is 2.26. The third-order valence-corrected chi connectivity index (χ3v) is 3.91. The van der Waals surface area contributed by atoms with Gasteiger partial charge in [-0.25, -0.2) is 13.1 Å². The molecule has 1 aromatic heterocycles. The number of rotatable bonds is 6. The average molecular weight is 323 g/mol. The van der Waals surface area contributed by atoms with E-state index in [9.17, 15) is 8.42 Å². The molecule has 0 fully saturated rings. The summed E-state index contributed by atoms with van der Waals surface area (Å²) in [5, 5.41) is 0. The lowest BCUT2D eigenvalue weighted by Crippen LogP contribution is -2.35. The van der Waals surface area contributed by atoms with Gasteiger partial charge in [0.1, 0.15) is 4.90 Å². The minimum absolute atomic E-state index is 0.134. The number of ether oxygens (including phenoxy) is 1. The van der Waals surface area contributed by atoms with Crippen LogP contribution in [0, 0.1) is 0 Å². The van der Waals surface area contributed by atoms with Crippen LogP contribution in [0.2, 0.25) is 0 Å². The van der Waals surface area contributed by atoms with Gasteiger partial charge in [-0.15, -0.1) is 0 Å². The number of hydrogen-bond acceptors (Lipinski definition) is 4. The summed E-state index contributed by atoms with van der Waals surface area (Å²) in [5.74, 6) is 0. The molecule has 0 aliphatic heterocycles. The minimum atomic E-state index is -3.53. The van der Waals surface area contributed by atoms with E-state index < -0.39 is 10.0 Å². The molecule has 0 aromatic carbocycles. The van der Waals surface area contributed by atoms with Crippen LogP contribution in [-0.2, 0) is 14.8 Å². The van der Waals surface area contributed by atoms with Crippen molar-refractivity contribution < 1.29 is 13.2 Å². The summed E-state index contributed by atoms with van der Waals surface area (Å²) in [4.78, 5) is 3.96. The SMILES string of the molecule is CCOCC(C)NS(=O)(=O)c1cncc(Br)c1. The predicted octanol–water partition coefficient (Wildman–Crippen LogP) is 1.55.